The molecule has 8 nitrogen and oxygen atoms in total. The molecule has 32 heavy (non-hydrogen) atoms. The van der Waals surface area contributed by atoms with Crippen LogP contribution in [0.15, 0.2) is 52.5 Å². The number of aliphatic carboxylic acids is 1. The molecular weight excluding hydrogens is 500 g/mol. The molecule has 0 spiro atoms. The smallest absolute Gasteiger partial charge is 0.344 e. The summed E-state index contributed by atoms with van der Waals surface area (Å²) in [6, 6.07) is 11.7. The summed E-state index contributed by atoms with van der Waals surface area (Å²) in [7, 11) is 0. The minimum atomic E-state index is -1.12. The van der Waals surface area contributed by atoms with Gasteiger partial charge in [0.05, 0.1) is 12.3 Å². The molecule has 1 aliphatic heterocycles. The van der Waals surface area contributed by atoms with Crippen LogP contribution in [0.2, 0.25) is 0 Å². The summed E-state index contributed by atoms with van der Waals surface area (Å²) in [6.45, 7) is 3.48. The van der Waals surface area contributed by atoms with E-state index in [9.17, 15) is 14.4 Å². The van der Waals surface area contributed by atoms with Crippen LogP contribution < -0.4 is 19.7 Å². The molecule has 0 aromatic heterocycles. The summed E-state index contributed by atoms with van der Waals surface area (Å²) in [5, 5.41) is 11.6. The number of thiocarbonyl (C=S) groups is 1. The van der Waals surface area contributed by atoms with Gasteiger partial charge >= 0.3 is 5.97 Å². The van der Waals surface area contributed by atoms with Gasteiger partial charge in [0.2, 0.25) is 0 Å². The molecule has 2 aromatic rings. The lowest BCUT2D eigenvalue weighted by Gasteiger charge is -2.29. The van der Waals surface area contributed by atoms with Crippen LogP contribution in [-0.4, -0.2) is 40.7 Å². The first-order valence-corrected chi connectivity index (χ1v) is 10.7. The number of amides is 2. The van der Waals surface area contributed by atoms with E-state index in [-0.39, 0.29) is 22.2 Å². The number of hydrogen-bond donors (Lipinski definition) is 2. The molecule has 0 unspecified atom stereocenters. The number of rotatable bonds is 7. The fraction of sp³-hybridized carbons (Fsp3) is 0.182. The monoisotopic (exact) mass is 518 g/mol. The second-order valence-electron chi connectivity index (χ2n) is 6.68. The van der Waals surface area contributed by atoms with Crippen LogP contribution in [0.3, 0.4) is 0 Å². The van der Waals surface area contributed by atoms with Gasteiger partial charge in [-0.15, -0.1) is 0 Å². The standard InChI is InChI=1S/C22H19BrN2O6S/c1-3-30-18-10-13(7-8-17(18)31-12(2)21(28)29)9-16-19(26)24-22(32)25(20(16)27)15-6-4-5-14(23)11-15/h4-12H,3H2,1-2H3,(H,28,29)(H,24,26,32)/b16-9-/t12-/m0/s1. The first-order chi connectivity index (χ1) is 15.2. The summed E-state index contributed by atoms with van der Waals surface area (Å²) in [6.07, 6.45) is 0.334. The molecule has 0 saturated carbocycles. The SMILES string of the molecule is CCOc1cc(/C=C2/C(=O)NC(=S)N(c3cccc(Br)c3)C2=O)ccc1O[C@@H](C)C(=O)O. The van der Waals surface area contributed by atoms with Crippen molar-refractivity contribution in [2.75, 3.05) is 11.5 Å². The highest BCUT2D eigenvalue weighted by atomic mass is 79.9. The minimum Gasteiger partial charge on any atom is -0.490 e. The van der Waals surface area contributed by atoms with Gasteiger partial charge < -0.3 is 14.6 Å². The van der Waals surface area contributed by atoms with Crippen molar-refractivity contribution in [1.29, 1.82) is 0 Å². The Morgan fingerprint density at radius 2 is 2.00 bits per heavy atom. The molecule has 166 valence electrons. The third-order valence-electron chi connectivity index (χ3n) is 4.40. The first kappa shape index (κ1) is 23.4. The highest BCUT2D eigenvalue weighted by molar-refractivity contribution is 9.10. The molecule has 0 bridgehead atoms. The van der Waals surface area contributed by atoms with Crippen molar-refractivity contribution in [2.24, 2.45) is 0 Å². The molecule has 2 N–H and O–H groups in total. The Bertz CT molecular complexity index is 1130. The van der Waals surface area contributed by atoms with E-state index in [0.717, 1.165) is 4.47 Å². The van der Waals surface area contributed by atoms with Gasteiger partial charge in [0.25, 0.3) is 11.8 Å². The molecular formula is C22H19BrN2O6S. The highest BCUT2D eigenvalue weighted by Gasteiger charge is 2.34. The van der Waals surface area contributed by atoms with Crippen LogP contribution in [0.4, 0.5) is 5.69 Å². The van der Waals surface area contributed by atoms with Gasteiger partial charge in [-0.05, 0) is 68.0 Å². The molecule has 0 aliphatic carbocycles. The van der Waals surface area contributed by atoms with Crippen molar-refractivity contribution in [2.45, 2.75) is 20.0 Å². The van der Waals surface area contributed by atoms with E-state index in [1.54, 1.807) is 43.3 Å². The molecule has 3 rings (SSSR count). The maximum atomic E-state index is 13.1. The topological polar surface area (TPSA) is 105 Å². The van der Waals surface area contributed by atoms with Crippen LogP contribution in [0, 0.1) is 0 Å². The number of carbonyl (C=O) groups excluding carboxylic acids is 2. The van der Waals surface area contributed by atoms with Crippen LogP contribution in [-0.2, 0) is 14.4 Å². The van der Waals surface area contributed by atoms with Gasteiger partial charge in [-0.3, -0.25) is 19.8 Å². The van der Waals surface area contributed by atoms with E-state index in [2.05, 4.69) is 21.2 Å². The van der Waals surface area contributed by atoms with Crippen molar-refractivity contribution >= 4 is 62.8 Å². The summed E-state index contributed by atoms with van der Waals surface area (Å²) in [5.74, 6) is -1.79. The average Bonchev–Trinajstić information content (AvgIpc) is 2.73. The lowest BCUT2D eigenvalue weighted by Crippen LogP contribution is -2.54. The Hall–Kier alpha value is -3.24. The molecule has 2 amide bonds. The maximum Gasteiger partial charge on any atom is 0.344 e. The Kier molecular flexibility index (Phi) is 7.26. The van der Waals surface area contributed by atoms with E-state index in [0.29, 0.717) is 17.9 Å². The molecule has 2 aromatic carbocycles. The van der Waals surface area contributed by atoms with Crippen molar-refractivity contribution in [3.8, 4) is 11.5 Å². The number of anilines is 1. The molecule has 1 saturated heterocycles. The Morgan fingerprint density at radius 3 is 2.66 bits per heavy atom. The van der Waals surface area contributed by atoms with Crippen molar-refractivity contribution < 1.29 is 29.0 Å². The molecule has 1 aliphatic rings. The predicted octanol–water partition coefficient (Wildman–Crippen LogP) is 3.53. The summed E-state index contributed by atoms with van der Waals surface area (Å²) < 4.78 is 11.7. The van der Waals surface area contributed by atoms with Gasteiger partial charge in [-0.2, -0.15) is 0 Å². The zero-order valence-corrected chi connectivity index (χ0v) is 19.5. The number of halogens is 1. The van der Waals surface area contributed by atoms with Gasteiger partial charge in [-0.25, -0.2) is 4.79 Å². The molecule has 1 atom stereocenters. The van der Waals surface area contributed by atoms with Gasteiger partial charge in [0.1, 0.15) is 5.57 Å². The van der Waals surface area contributed by atoms with Crippen molar-refractivity contribution in [3.05, 3.63) is 58.1 Å². The third-order valence-corrected chi connectivity index (χ3v) is 5.18. The molecule has 1 fully saturated rings. The number of nitrogens with zero attached hydrogens (tertiary/aromatic N) is 1. The van der Waals surface area contributed by atoms with Crippen LogP contribution in [0.25, 0.3) is 6.08 Å². The number of carboxylic acid groups (broad SMARTS) is 1. The molecule has 0 radical (unpaired) electrons. The number of hydrogen-bond acceptors (Lipinski definition) is 6. The Morgan fingerprint density at radius 1 is 1.25 bits per heavy atom. The average molecular weight is 519 g/mol. The number of ether oxygens (including phenoxy) is 2. The van der Waals surface area contributed by atoms with Crippen LogP contribution in [0.5, 0.6) is 11.5 Å². The van der Waals surface area contributed by atoms with Gasteiger partial charge in [0.15, 0.2) is 22.7 Å². The summed E-state index contributed by atoms with van der Waals surface area (Å²) in [4.78, 5) is 38.0. The van der Waals surface area contributed by atoms with Gasteiger partial charge in [-0.1, -0.05) is 28.1 Å². The van der Waals surface area contributed by atoms with Crippen LogP contribution in [0.1, 0.15) is 19.4 Å². The highest BCUT2D eigenvalue weighted by Crippen LogP contribution is 2.31. The van der Waals surface area contributed by atoms with Crippen molar-refractivity contribution in [1.82, 2.24) is 5.32 Å². The van der Waals surface area contributed by atoms with Crippen molar-refractivity contribution in [3.63, 3.8) is 0 Å². The Balaban J connectivity index is 1.97. The lowest BCUT2D eigenvalue weighted by atomic mass is 10.1. The predicted molar refractivity (Wildman–Crippen MR) is 126 cm³/mol. The minimum absolute atomic E-state index is 0.0170. The summed E-state index contributed by atoms with van der Waals surface area (Å²) in [5.41, 5.74) is 0.875. The van der Waals surface area contributed by atoms with Gasteiger partial charge in [0, 0.05) is 4.47 Å². The number of carbonyl (C=O) groups is 3. The lowest BCUT2D eigenvalue weighted by molar-refractivity contribution is -0.144. The number of benzene rings is 2. The van der Waals surface area contributed by atoms with Crippen LogP contribution >= 0.6 is 28.1 Å². The zero-order chi connectivity index (χ0) is 23.4. The normalized spacial score (nSPS) is 16.0. The van der Waals surface area contributed by atoms with E-state index < -0.39 is 23.9 Å². The zero-order valence-electron chi connectivity index (χ0n) is 17.1. The quantitative estimate of drug-likeness (QED) is 0.328. The van der Waals surface area contributed by atoms with E-state index >= 15 is 0 Å². The first-order valence-electron chi connectivity index (χ1n) is 9.54. The fourth-order valence-corrected chi connectivity index (χ4v) is 3.56. The maximum absolute atomic E-state index is 13.1. The molecule has 1 heterocycles. The van der Waals surface area contributed by atoms with E-state index in [1.807, 2.05) is 0 Å². The third kappa shape index (κ3) is 5.14. The number of carboxylic acids is 1. The second-order valence-corrected chi connectivity index (χ2v) is 7.98. The molecule has 10 heteroatoms. The van der Waals surface area contributed by atoms with E-state index in [1.165, 1.54) is 24.0 Å². The second kappa shape index (κ2) is 9.92. The summed E-state index contributed by atoms with van der Waals surface area (Å²) >= 11 is 8.56. The fourth-order valence-electron chi connectivity index (χ4n) is 2.89. The largest absolute Gasteiger partial charge is 0.490 e. The van der Waals surface area contributed by atoms with E-state index in [4.69, 9.17) is 26.8 Å². The Labute approximate surface area is 197 Å². The number of nitrogens with one attached hydrogen (secondary N) is 1.